The predicted molar refractivity (Wildman–Crippen MR) is 105 cm³/mol. The lowest BCUT2D eigenvalue weighted by molar-refractivity contribution is 0.421. The van der Waals surface area contributed by atoms with E-state index in [1.54, 1.807) is 10.8 Å². The van der Waals surface area contributed by atoms with E-state index >= 15 is 0 Å². The van der Waals surface area contributed by atoms with Crippen LogP contribution in [0.2, 0.25) is 0 Å². The fourth-order valence-electron chi connectivity index (χ4n) is 1.98. The maximum absolute atomic E-state index is 5.66. The number of hydrogen-bond donors (Lipinski definition) is 0. The van der Waals surface area contributed by atoms with Gasteiger partial charge < -0.3 is 4.90 Å². The standard InChI is InChI=1S/C18H21NS3/c1-15(2)21-22-18(20)19(13-16-9-5-3-6-10-16)14-17-11-7-4-8-12-17/h3-12,15H,13-14H2,1-2H3. The molecule has 2 aromatic rings. The first kappa shape index (κ1) is 17.4. The van der Waals surface area contributed by atoms with Gasteiger partial charge in [-0.15, -0.1) is 0 Å². The van der Waals surface area contributed by atoms with Crippen molar-refractivity contribution in [1.29, 1.82) is 0 Å². The lowest BCUT2D eigenvalue weighted by atomic mass is 10.2. The minimum atomic E-state index is 0.568. The van der Waals surface area contributed by atoms with Crippen LogP contribution in [-0.4, -0.2) is 14.5 Å². The zero-order valence-corrected chi connectivity index (χ0v) is 15.4. The first-order valence-corrected chi connectivity index (χ1v) is 9.97. The van der Waals surface area contributed by atoms with Gasteiger partial charge in [-0.05, 0) is 21.9 Å². The Labute approximate surface area is 146 Å². The van der Waals surface area contributed by atoms with E-state index in [0.29, 0.717) is 5.25 Å². The third-order valence-corrected chi connectivity index (χ3v) is 6.63. The van der Waals surface area contributed by atoms with Gasteiger partial charge in [-0.1, -0.05) is 97.5 Å². The summed E-state index contributed by atoms with van der Waals surface area (Å²) in [6.45, 7) is 6.08. The van der Waals surface area contributed by atoms with Gasteiger partial charge in [0.1, 0.15) is 4.32 Å². The van der Waals surface area contributed by atoms with E-state index in [0.717, 1.165) is 17.4 Å². The van der Waals surface area contributed by atoms with Crippen molar-refractivity contribution in [2.24, 2.45) is 0 Å². The van der Waals surface area contributed by atoms with Crippen LogP contribution in [0.15, 0.2) is 60.7 Å². The van der Waals surface area contributed by atoms with Crippen molar-refractivity contribution >= 4 is 38.1 Å². The molecular formula is C18H21NS3. The molecular weight excluding hydrogens is 326 g/mol. The van der Waals surface area contributed by atoms with Crippen LogP contribution in [0, 0.1) is 0 Å². The van der Waals surface area contributed by atoms with Crippen molar-refractivity contribution in [3.8, 4) is 0 Å². The van der Waals surface area contributed by atoms with Gasteiger partial charge in [-0.25, -0.2) is 0 Å². The monoisotopic (exact) mass is 347 g/mol. The second-order valence-corrected chi connectivity index (χ2v) is 8.73. The van der Waals surface area contributed by atoms with Crippen molar-refractivity contribution in [1.82, 2.24) is 4.90 Å². The largest absolute Gasteiger partial charge is 0.348 e. The quantitative estimate of drug-likeness (QED) is 0.482. The van der Waals surface area contributed by atoms with Gasteiger partial charge in [0, 0.05) is 18.3 Å². The number of nitrogens with zero attached hydrogens (tertiary/aromatic N) is 1. The summed E-state index contributed by atoms with van der Waals surface area (Å²) in [5, 5.41) is 0.568. The average Bonchev–Trinajstić information content (AvgIpc) is 2.54. The second-order valence-electron chi connectivity index (χ2n) is 5.32. The van der Waals surface area contributed by atoms with E-state index in [1.165, 1.54) is 11.1 Å². The SMILES string of the molecule is CC(C)SSC(=S)N(Cc1ccccc1)Cc1ccccc1. The highest BCUT2D eigenvalue weighted by Crippen LogP contribution is 2.30. The Morgan fingerprint density at radius 2 is 1.36 bits per heavy atom. The van der Waals surface area contributed by atoms with Crippen LogP contribution >= 0.6 is 33.8 Å². The average molecular weight is 348 g/mol. The van der Waals surface area contributed by atoms with Crippen molar-refractivity contribution in [3.05, 3.63) is 71.8 Å². The molecule has 0 N–H and O–H groups in total. The van der Waals surface area contributed by atoms with Crippen LogP contribution in [0.4, 0.5) is 0 Å². The molecule has 0 atom stereocenters. The maximum Gasteiger partial charge on any atom is 0.147 e. The molecule has 0 unspecified atom stereocenters. The summed E-state index contributed by atoms with van der Waals surface area (Å²) in [4.78, 5) is 2.28. The van der Waals surface area contributed by atoms with E-state index in [-0.39, 0.29) is 0 Å². The Morgan fingerprint density at radius 1 is 0.909 bits per heavy atom. The Bertz CT molecular complexity index is 528. The highest BCUT2D eigenvalue weighted by molar-refractivity contribution is 8.83. The molecule has 22 heavy (non-hydrogen) atoms. The van der Waals surface area contributed by atoms with Crippen LogP contribution in [0.1, 0.15) is 25.0 Å². The van der Waals surface area contributed by atoms with Crippen LogP contribution in [0.5, 0.6) is 0 Å². The zero-order valence-electron chi connectivity index (χ0n) is 12.9. The van der Waals surface area contributed by atoms with Gasteiger partial charge >= 0.3 is 0 Å². The third-order valence-electron chi connectivity index (χ3n) is 3.00. The molecule has 0 bridgehead atoms. The number of thiocarbonyl (C=S) groups is 1. The summed E-state index contributed by atoms with van der Waals surface area (Å²) in [6.07, 6.45) is 0. The zero-order chi connectivity index (χ0) is 15.8. The first-order valence-electron chi connectivity index (χ1n) is 7.35. The van der Waals surface area contributed by atoms with E-state index in [9.17, 15) is 0 Å². The molecule has 0 spiro atoms. The minimum absolute atomic E-state index is 0.568. The van der Waals surface area contributed by atoms with Crippen LogP contribution in [0.25, 0.3) is 0 Å². The first-order chi connectivity index (χ1) is 10.6. The van der Waals surface area contributed by atoms with E-state index < -0.39 is 0 Å². The Morgan fingerprint density at radius 3 is 1.77 bits per heavy atom. The van der Waals surface area contributed by atoms with Gasteiger partial charge in [0.05, 0.1) is 0 Å². The van der Waals surface area contributed by atoms with E-state index in [4.69, 9.17) is 12.2 Å². The van der Waals surface area contributed by atoms with Crippen LogP contribution in [0.3, 0.4) is 0 Å². The van der Waals surface area contributed by atoms with Gasteiger partial charge in [0.25, 0.3) is 0 Å². The predicted octanol–water partition coefficient (Wildman–Crippen LogP) is 5.76. The van der Waals surface area contributed by atoms with Crippen molar-refractivity contribution in [3.63, 3.8) is 0 Å². The summed E-state index contributed by atoms with van der Waals surface area (Å²) in [6, 6.07) is 21.0. The molecule has 2 aromatic carbocycles. The molecule has 0 heterocycles. The van der Waals surface area contributed by atoms with Gasteiger partial charge in [0.2, 0.25) is 0 Å². The third kappa shape index (κ3) is 6.03. The fraction of sp³-hybridized carbons (Fsp3) is 0.278. The molecule has 1 nitrogen and oxygen atoms in total. The Kier molecular flexibility index (Phi) is 7.30. The summed E-state index contributed by atoms with van der Waals surface area (Å²) < 4.78 is 0.950. The molecule has 0 aliphatic heterocycles. The summed E-state index contributed by atoms with van der Waals surface area (Å²) in [5.74, 6) is 0. The van der Waals surface area contributed by atoms with E-state index in [2.05, 4.69) is 67.3 Å². The Hall–Kier alpha value is -0.970. The summed E-state index contributed by atoms with van der Waals surface area (Å²) in [7, 11) is 3.53. The highest BCUT2D eigenvalue weighted by atomic mass is 33.1. The Balaban J connectivity index is 2.07. The van der Waals surface area contributed by atoms with Crippen molar-refractivity contribution in [2.75, 3.05) is 0 Å². The van der Waals surface area contributed by atoms with Crippen LogP contribution in [-0.2, 0) is 13.1 Å². The number of benzene rings is 2. The molecule has 0 aliphatic carbocycles. The van der Waals surface area contributed by atoms with Crippen LogP contribution < -0.4 is 0 Å². The molecule has 0 saturated heterocycles. The van der Waals surface area contributed by atoms with Gasteiger partial charge in [0.15, 0.2) is 0 Å². The molecule has 0 fully saturated rings. The lowest BCUT2D eigenvalue weighted by Crippen LogP contribution is -2.26. The van der Waals surface area contributed by atoms with Gasteiger partial charge in [-0.2, -0.15) is 0 Å². The lowest BCUT2D eigenvalue weighted by Gasteiger charge is -2.25. The summed E-state index contributed by atoms with van der Waals surface area (Å²) in [5.41, 5.74) is 2.58. The molecule has 0 saturated carbocycles. The molecule has 0 radical (unpaired) electrons. The highest BCUT2D eigenvalue weighted by Gasteiger charge is 2.13. The minimum Gasteiger partial charge on any atom is -0.348 e. The van der Waals surface area contributed by atoms with Gasteiger partial charge in [-0.3, -0.25) is 0 Å². The topological polar surface area (TPSA) is 3.24 Å². The molecule has 0 amide bonds. The van der Waals surface area contributed by atoms with Crippen molar-refractivity contribution < 1.29 is 0 Å². The normalized spacial score (nSPS) is 10.7. The molecule has 2 rings (SSSR count). The number of rotatable bonds is 6. The molecule has 116 valence electrons. The number of hydrogen-bond acceptors (Lipinski definition) is 3. The second kappa shape index (κ2) is 9.23. The molecule has 4 heteroatoms. The molecule has 0 aromatic heterocycles. The van der Waals surface area contributed by atoms with E-state index in [1.807, 2.05) is 22.9 Å². The molecule has 0 aliphatic rings. The fourth-order valence-corrected chi connectivity index (χ4v) is 4.12. The summed E-state index contributed by atoms with van der Waals surface area (Å²) >= 11 is 5.66. The van der Waals surface area contributed by atoms with Crippen molar-refractivity contribution in [2.45, 2.75) is 32.2 Å². The smallest absolute Gasteiger partial charge is 0.147 e. The maximum atomic E-state index is 5.66.